The van der Waals surface area contributed by atoms with Crippen LogP contribution in [0.3, 0.4) is 0 Å². The molecule has 1 aromatic carbocycles. The number of hydrogen-bond donors (Lipinski definition) is 2. The Morgan fingerprint density at radius 3 is 2.43 bits per heavy atom. The second kappa shape index (κ2) is 7.02. The summed E-state index contributed by atoms with van der Waals surface area (Å²) in [6.45, 7) is 5.98. The quantitative estimate of drug-likeness (QED) is 0.825. The maximum Gasteiger partial charge on any atom is 0.251 e. The van der Waals surface area contributed by atoms with Gasteiger partial charge in [0.2, 0.25) is 10.0 Å². The number of hydrogen-bond acceptors (Lipinski definition) is 4. The van der Waals surface area contributed by atoms with Crippen molar-refractivity contribution in [2.24, 2.45) is 11.1 Å². The maximum atomic E-state index is 12.1. The second-order valence-corrected chi connectivity index (χ2v) is 6.84. The molecular weight excluding hydrogens is 292 g/mol. The first-order valence-corrected chi connectivity index (χ1v) is 8.17. The molecule has 0 saturated carbocycles. The zero-order valence-corrected chi connectivity index (χ0v) is 13.5. The fraction of sp³-hybridized carbons (Fsp3) is 0.500. The van der Waals surface area contributed by atoms with Gasteiger partial charge in [-0.2, -0.15) is 0 Å². The molecule has 0 radical (unpaired) electrons. The molecular formula is C14H22N2O4S. The van der Waals surface area contributed by atoms with Crippen LogP contribution in [0.4, 0.5) is 0 Å². The van der Waals surface area contributed by atoms with E-state index in [-0.39, 0.29) is 34.9 Å². The molecule has 7 heteroatoms. The topological polar surface area (TPSA) is 98.5 Å². The Hall–Kier alpha value is -1.44. The number of rotatable bonds is 6. The lowest BCUT2D eigenvalue weighted by atomic mass is 10.1. The van der Waals surface area contributed by atoms with Crippen molar-refractivity contribution in [2.45, 2.75) is 38.3 Å². The average molecular weight is 314 g/mol. The molecule has 1 rings (SSSR count). The van der Waals surface area contributed by atoms with Gasteiger partial charge in [-0.15, -0.1) is 0 Å². The van der Waals surface area contributed by atoms with Crippen molar-refractivity contribution >= 4 is 15.9 Å². The van der Waals surface area contributed by atoms with Crippen LogP contribution in [0.2, 0.25) is 0 Å². The number of carbonyl (C=O) groups excluding carboxylic acids is 1. The molecule has 1 unspecified atom stereocenters. The van der Waals surface area contributed by atoms with Crippen LogP contribution in [0.1, 0.15) is 36.7 Å². The van der Waals surface area contributed by atoms with Gasteiger partial charge in [0.25, 0.3) is 5.91 Å². The van der Waals surface area contributed by atoms with Crippen molar-refractivity contribution in [1.82, 2.24) is 5.32 Å². The van der Waals surface area contributed by atoms with Crippen molar-refractivity contribution in [3.05, 3.63) is 29.3 Å². The van der Waals surface area contributed by atoms with Crippen molar-refractivity contribution in [3.63, 3.8) is 0 Å². The smallest absolute Gasteiger partial charge is 0.251 e. The van der Waals surface area contributed by atoms with Gasteiger partial charge in [-0.3, -0.25) is 4.79 Å². The van der Waals surface area contributed by atoms with E-state index in [2.05, 4.69) is 5.32 Å². The highest BCUT2D eigenvalue weighted by molar-refractivity contribution is 7.89. The van der Waals surface area contributed by atoms with Crippen LogP contribution in [0.15, 0.2) is 23.1 Å². The van der Waals surface area contributed by atoms with Gasteiger partial charge in [0.05, 0.1) is 11.5 Å². The minimum Gasteiger partial charge on any atom is -0.380 e. The normalized spacial score (nSPS) is 13.2. The summed E-state index contributed by atoms with van der Waals surface area (Å²) >= 11 is 0. The molecule has 1 amide bonds. The largest absolute Gasteiger partial charge is 0.380 e. The molecule has 0 heterocycles. The van der Waals surface area contributed by atoms with Crippen LogP contribution < -0.4 is 10.5 Å². The number of nitrogens with one attached hydrogen (secondary N) is 1. The number of benzene rings is 1. The van der Waals surface area contributed by atoms with Crippen molar-refractivity contribution < 1.29 is 17.9 Å². The van der Waals surface area contributed by atoms with E-state index >= 15 is 0 Å². The van der Waals surface area contributed by atoms with Crippen molar-refractivity contribution in [1.29, 1.82) is 0 Å². The molecule has 6 nitrogen and oxygen atoms in total. The second-order valence-electron chi connectivity index (χ2n) is 5.31. The fourth-order valence-electron chi connectivity index (χ4n) is 1.69. The molecule has 0 aliphatic carbocycles. The predicted octanol–water partition coefficient (Wildman–Crippen LogP) is 1.25. The Morgan fingerprint density at radius 1 is 1.33 bits per heavy atom. The van der Waals surface area contributed by atoms with Crippen LogP contribution >= 0.6 is 0 Å². The van der Waals surface area contributed by atoms with Crippen molar-refractivity contribution in [3.8, 4) is 0 Å². The number of primary sulfonamides is 1. The van der Waals surface area contributed by atoms with Gasteiger partial charge in [-0.25, -0.2) is 13.6 Å². The van der Waals surface area contributed by atoms with Crippen LogP contribution in [-0.2, 0) is 21.4 Å². The third-order valence-corrected chi connectivity index (χ3v) is 4.29. The molecule has 118 valence electrons. The molecule has 3 N–H and O–H groups in total. The molecule has 1 aromatic rings. The molecule has 0 aliphatic rings. The number of carbonyl (C=O) groups is 1. The lowest BCUT2D eigenvalue weighted by Gasteiger charge is -2.18. The molecule has 1 atom stereocenters. The molecule has 0 aliphatic heterocycles. The highest BCUT2D eigenvalue weighted by Crippen LogP contribution is 2.18. The number of amides is 1. The fourth-order valence-corrected chi connectivity index (χ4v) is 2.48. The maximum absolute atomic E-state index is 12.1. The zero-order valence-electron chi connectivity index (χ0n) is 12.7. The van der Waals surface area contributed by atoms with Crippen LogP contribution in [-0.4, -0.2) is 27.5 Å². The summed E-state index contributed by atoms with van der Waals surface area (Å²) in [4.78, 5) is 12.0. The number of sulfonamides is 1. The Kier molecular flexibility index (Phi) is 5.88. The number of ether oxygens (including phenoxy) is 1. The summed E-state index contributed by atoms with van der Waals surface area (Å²) in [5, 5.41) is 8.01. The molecule has 0 bridgehead atoms. The molecule has 21 heavy (non-hydrogen) atoms. The number of nitrogens with two attached hydrogens (primary N) is 1. The summed E-state index contributed by atoms with van der Waals surface area (Å²) in [5.74, 6) is -0.0514. The van der Waals surface area contributed by atoms with E-state index in [1.807, 2.05) is 20.8 Å². The first-order valence-electron chi connectivity index (χ1n) is 6.62. The van der Waals surface area contributed by atoms with E-state index in [0.29, 0.717) is 5.56 Å². The highest BCUT2D eigenvalue weighted by atomic mass is 32.2. The Bertz CT molecular complexity index is 611. The standard InChI is InChI=1S/C14H22N2O4S/c1-9(2)10(3)16-14(17)11-5-6-12(8-20-4)13(7-11)21(15,18)19/h5-7,9-10H,8H2,1-4H3,(H,16,17)(H2,15,18,19). The van der Waals surface area contributed by atoms with Gasteiger partial charge in [0.15, 0.2) is 0 Å². The lowest BCUT2D eigenvalue weighted by molar-refractivity contribution is 0.0930. The minimum atomic E-state index is -3.92. The molecule has 0 fully saturated rings. The third-order valence-electron chi connectivity index (χ3n) is 3.29. The van der Waals surface area contributed by atoms with Crippen LogP contribution in [0, 0.1) is 5.92 Å². The monoisotopic (exact) mass is 314 g/mol. The first-order chi connectivity index (χ1) is 9.66. The van der Waals surface area contributed by atoms with Gasteiger partial charge in [-0.1, -0.05) is 19.9 Å². The Labute approximate surface area is 125 Å². The SMILES string of the molecule is COCc1ccc(C(=O)NC(C)C(C)C)cc1S(N)(=O)=O. The summed E-state index contributed by atoms with van der Waals surface area (Å²) in [6, 6.07) is 4.37. The highest BCUT2D eigenvalue weighted by Gasteiger charge is 2.18. The van der Waals surface area contributed by atoms with Gasteiger partial charge in [0.1, 0.15) is 0 Å². The summed E-state index contributed by atoms with van der Waals surface area (Å²) in [6.07, 6.45) is 0. The molecule has 0 aromatic heterocycles. The Balaban J connectivity index is 3.14. The third kappa shape index (κ3) is 4.80. The van der Waals surface area contributed by atoms with E-state index in [9.17, 15) is 13.2 Å². The van der Waals surface area contributed by atoms with E-state index in [0.717, 1.165) is 0 Å². The Morgan fingerprint density at radius 2 is 1.95 bits per heavy atom. The lowest BCUT2D eigenvalue weighted by Crippen LogP contribution is -2.36. The predicted molar refractivity (Wildman–Crippen MR) is 80.3 cm³/mol. The van der Waals surface area contributed by atoms with Crippen LogP contribution in [0.5, 0.6) is 0 Å². The van der Waals surface area contributed by atoms with E-state index < -0.39 is 10.0 Å². The zero-order chi connectivity index (χ0) is 16.2. The van der Waals surface area contributed by atoms with E-state index in [1.165, 1.54) is 19.2 Å². The van der Waals surface area contributed by atoms with Crippen LogP contribution in [0.25, 0.3) is 0 Å². The van der Waals surface area contributed by atoms with Gasteiger partial charge in [-0.05, 0) is 30.5 Å². The molecule has 0 saturated heterocycles. The summed E-state index contributed by atoms with van der Waals surface area (Å²) in [5.41, 5.74) is 0.680. The summed E-state index contributed by atoms with van der Waals surface area (Å²) in [7, 11) is -2.46. The first kappa shape index (κ1) is 17.6. The minimum absolute atomic E-state index is 0.0194. The van der Waals surface area contributed by atoms with Crippen molar-refractivity contribution in [2.75, 3.05) is 7.11 Å². The van der Waals surface area contributed by atoms with Gasteiger partial charge >= 0.3 is 0 Å². The van der Waals surface area contributed by atoms with E-state index in [4.69, 9.17) is 9.88 Å². The van der Waals surface area contributed by atoms with Gasteiger partial charge < -0.3 is 10.1 Å². The summed E-state index contributed by atoms with van der Waals surface area (Å²) < 4.78 is 28.2. The van der Waals surface area contributed by atoms with Gasteiger partial charge in [0, 0.05) is 18.7 Å². The average Bonchev–Trinajstić information content (AvgIpc) is 2.37. The molecule has 0 spiro atoms. The van der Waals surface area contributed by atoms with E-state index in [1.54, 1.807) is 6.07 Å². The number of methoxy groups -OCH3 is 1.